The quantitative estimate of drug-likeness (QED) is 0.408. The molecule has 1 aliphatic rings. The van der Waals surface area contributed by atoms with E-state index in [0.717, 1.165) is 6.04 Å². The molecule has 1 N–H and O–H groups in total. The van der Waals surface area contributed by atoms with E-state index in [1.807, 2.05) is 0 Å². The molecule has 1 atom stereocenters. The van der Waals surface area contributed by atoms with Crippen LogP contribution in [0.3, 0.4) is 0 Å². The van der Waals surface area contributed by atoms with Crippen molar-refractivity contribution in [1.29, 1.82) is 0 Å². The summed E-state index contributed by atoms with van der Waals surface area (Å²) in [6, 6.07) is 2.80. The molecule has 5 nitrogen and oxygen atoms in total. The summed E-state index contributed by atoms with van der Waals surface area (Å²) in [6.07, 6.45) is 3.36. The van der Waals surface area contributed by atoms with Gasteiger partial charge >= 0.3 is 0 Å². The lowest BCUT2D eigenvalue weighted by Crippen LogP contribution is -2.43. The largest absolute Gasteiger partial charge is 0.381 e. The van der Waals surface area contributed by atoms with Crippen molar-refractivity contribution in [3.63, 3.8) is 0 Å². The van der Waals surface area contributed by atoms with Crippen molar-refractivity contribution in [1.82, 2.24) is 4.57 Å². The number of rotatable bonds is 7. The van der Waals surface area contributed by atoms with E-state index in [0.29, 0.717) is 22.3 Å². The summed E-state index contributed by atoms with van der Waals surface area (Å²) < 4.78 is 8.00. The fourth-order valence-corrected chi connectivity index (χ4v) is 3.92. The summed E-state index contributed by atoms with van der Waals surface area (Å²) >= 11 is 3.37. The summed E-state index contributed by atoms with van der Waals surface area (Å²) in [5, 5.41) is 10.7. The number of hydrogen-bond acceptors (Lipinski definition) is 4. The summed E-state index contributed by atoms with van der Waals surface area (Å²) in [5.41, 5.74) is -0.745. The van der Waals surface area contributed by atoms with Gasteiger partial charge in [0, 0.05) is 38.2 Å². The standard InChI is InChI=1S/C18H26BrNO4Si/c1-13-5-7-18(23,11-15(13)21)17(22)16-14(19)6-8-20(16)12-24-9-10-25(2,3)4/h5-6,8,23H,7,9-12H2,1-4H3/t18-/m1/s1. The zero-order valence-electron chi connectivity index (χ0n) is 15.3. The maximum atomic E-state index is 12.9. The smallest absolute Gasteiger partial charge is 0.212 e. The topological polar surface area (TPSA) is 68.5 Å². The van der Waals surface area contributed by atoms with Crippen LogP contribution in [-0.4, -0.2) is 41.5 Å². The second-order valence-electron chi connectivity index (χ2n) is 7.88. The Hall–Kier alpha value is -1.02. The number of nitrogens with zero attached hydrogens (tertiary/aromatic N) is 1. The van der Waals surface area contributed by atoms with Gasteiger partial charge in [0.05, 0.1) is 0 Å². The summed E-state index contributed by atoms with van der Waals surface area (Å²) in [6.45, 7) is 9.44. The molecular formula is C18H26BrNO4Si. The van der Waals surface area contributed by atoms with E-state index < -0.39 is 19.5 Å². The van der Waals surface area contributed by atoms with Gasteiger partial charge in [-0.15, -0.1) is 0 Å². The van der Waals surface area contributed by atoms with Gasteiger partial charge in [-0.3, -0.25) is 9.59 Å². The average molecular weight is 428 g/mol. The van der Waals surface area contributed by atoms with Crippen LogP contribution in [-0.2, 0) is 16.3 Å². The Bertz CT molecular complexity index is 704. The minimum atomic E-state index is -1.69. The highest BCUT2D eigenvalue weighted by atomic mass is 79.9. The maximum absolute atomic E-state index is 12.9. The second-order valence-corrected chi connectivity index (χ2v) is 14.4. The minimum Gasteiger partial charge on any atom is -0.381 e. The van der Waals surface area contributed by atoms with Gasteiger partial charge in [-0.1, -0.05) is 25.7 Å². The van der Waals surface area contributed by atoms with Crippen LogP contribution in [0.5, 0.6) is 0 Å². The van der Waals surface area contributed by atoms with Crippen LogP contribution in [0.1, 0.15) is 30.3 Å². The minimum absolute atomic E-state index is 0.150. The van der Waals surface area contributed by atoms with Crippen LogP contribution in [0.25, 0.3) is 0 Å². The number of carbonyl (C=O) groups excluding carboxylic acids is 2. The Morgan fingerprint density at radius 3 is 2.72 bits per heavy atom. The van der Waals surface area contributed by atoms with Crippen molar-refractivity contribution >= 4 is 35.6 Å². The Labute approximate surface area is 158 Å². The number of halogens is 1. The number of carbonyl (C=O) groups is 2. The highest BCUT2D eigenvalue weighted by Crippen LogP contribution is 2.31. The molecule has 0 unspecified atom stereocenters. The fraction of sp³-hybridized carbons (Fsp3) is 0.556. The Morgan fingerprint density at radius 1 is 1.44 bits per heavy atom. The van der Waals surface area contributed by atoms with Crippen molar-refractivity contribution in [2.45, 2.75) is 57.8 Å². The molecule has 1 heterocycles. The second kappa shape index (κ2) is 7.69. The molecule has 1 aromatic rings. The van der Waals surface area contributed by atoms with Crippen LogP contribution in [0.4, 0.5) is 0 Å². The lowest BCUT2D eigenvalue weighted by Gasteiger charge is -2.29. The van der Waals surface area contributed by atoms with E-state index >= 15 is 0 Å². The van der Waals surface area contributed by atoms with Crippen molar-refractivity contribution in [2.75, 3.05) is 6.61 Å². The molecule has 0 bridgehead atoms. The summed E-state index contributed by atoms with van der Waals surface area (Å²) in [5.74, 6) is -0.641. The molecule has 2 rings (SSSR count). The van der Waals surface area contributed by atoms with E-state index in [4.69, 9.17) is 4.74 Å². The maximum Gasteiger partial charge on any atom is 0.212 e. The molecule has 138 valence electrons. The first-order chi connectivity index (χ1) is 11.5. The average Bonchev–Trinajstić information content (AvgIpc) is 2.87. The predicted molar refractivity (Wildman–Crippen MR) is 104 cm³/mol. The molecule has 0 saturated heterocycles. The number of aliphatic hydroxyl groups is 1. The number of Topliss-reactive ketones (excluding diaryl/α,β-unsaturated/α-hetero) is 2. The Kier molecular flexibility index (Phi) is 6.25. The molecule has 0 spiro atoms. The normalized spacial score (nSPS) is 21.4. The highest BCUT2D eigenvalue weighted by molar-refractivity contribution is 9.10. The van der Waals surface area contributed by atoms with Gasteiger partial charge in [0.1, 0.15) is 18.0 Å². The SMILES string of the molecule is CC1=CC[C@](O)(C(=O)c2c(Br)ccn2COCC[Si](C)(C)C)CC1=O. The monoisotopic (exact) mass is 427 g/mol. The predicted octanol–water partition coefficient (Wildman–Crippen LogP) is 3.79. The van der Waals surface area contributed by atoms with E-state index in [2.05, 4.69) is 35.6 Å². The number of allylic oxidation sites excluding steroid dienone is 1. The van der Waals surface area contributed by atoms with Crippen molar-refractivity contribution in [3.8, 4) is 0 Å². The van der Waals surface area contributed by atoms with E-state index in [1.54, 1.807) is 29.8 Å². The molecule has 0 aromatic carbocycles. The molecule has 1 aromatic heterocycles. The van der Waals surface area contributed by atoms with E-state index in [-0.39, 0.29) is 25.4 Å². The number of aromatic nitrogens is 1. The number of ether oxygens (including phenoxy) is 1. The van der Waals surface area contributed by atoms with Gasteiger partial charge in [0.15, 0.2) is 5.78 Å². The van der Waals surface area contributed by atoms with Gasteiger partial charge in [-0.05, 0) is 40.5 Å². The van der Waals surface area contributed by atoms with E-state index in [9.17, 15) is 14.7 Å². The third-order valence-corrected chi connectivity index (χ3v) is 6.76. The lowest BCUT2D eigenvalue weighted by molar-refractivity contribution is -0.119. The van der Waals surface area contributed by atoms with E-state index in [1.165, 1.54) is 0 Å². The first kappa shape index (κ1) is 20.3. The molecular weight excluding hydrogens is 402 g/mol. The van der Waals surface area contributed by atoms with Gasteiger partial charge in [0.2, 0.25) is 5.78 Å². The summed E-state index contributed by atoms with van der Waals surface area (Å²) in [4.78, 5) is 24.9. The molecule has 0 radical (unpaired) electrons. The van der Waals surface area contributed by atoms with Crippen LogP contribution in [0.15, 0.2) is 28.4 Å². The van der Waals surface area contributed by atoms with Gasteiger partial charge in [0.25, 0.3) is 0 Å². The lowest BCUT2D eigenvalue weighted by atomic mass is 9.81. The first-order valence-corrected chi connectivity index (χ1v) is 12.9. The zero-order valence-corrected chi connectivity index (χ0v) is 17.9. The third-order valence-electron chi connectivity index (χ3n) is 4.42. The van der Waals surface area contributed by atoms with Crippen LogP contribution in [0.2, 0.25) is 25.7 Å². The van der Waals surface area contributed by atoms with Crippen molar-refractivity contribution in [3.05, 3.63) is 34.1 Å². The third kappa shape index (κ3) is 5.00. The van der Waals surface area contributed by atoms with Gasteiger partial charge in [-0.2, -0.15) is 0 Å². The fourth-order valence-electron chi connectivity index (χ4n) is 2.64. The van der Waals surface area contributed by atoms with Gasteiger partial charge < -0.3 is 14.4 Å². The van der Waals surface area contributed by atoms with Crippen LogP contribution >= 0.6 is 15.9 Å². The van der Waals surface area contributed by atoms with Gasteiger partial charge in [-0.25, -0.2) is 0 Å². The first-order valence-electron chi connectivity index (χ1n) is 8.43. The molecule has 0 amide bonds. The number of hydrogen-bond donors (Lipinski definition) is 1. The molecule has 0 fully saturated rings. The molecule has 1 aliphatic carbocycles. The number of ketones is 2. The Morgan fingerprint density at radius 2 is 2.12 bits per heavy atom. The highest BCUT2D eigenvalue weighted by Gasteiger charge is 2.42. The van der Waals surface area contributed by atoms with Crippen LogP contribution in [0, 0.1) is 0 Å². The molecule has 0 aliphatic heterocycles. The van der Waals surface area contributed by atoms with Crippen molar-refractivity contribution in [2.24, 2.45) is 0 Å². The Balaban J connectivity index is 2.13. The van der Waals surface area contributed by atoms with Crippen LogP contribution < -0.4 is 0 Å². The molecule has 7 heteroatoms. The molecule has 0 saturated carbocycles. The summed E-state index contributed by atoms with van der Waals surface area (Å²) in [7, 11) is -1.17. The molecule has 25 heavy (non-hydrogen) atoms. The van der Waals surface area contributed by atoms with Crippen molar-refractivity contribution < 1.29 is 19.4 Å². The zero-order chi connectivity index (χ0) is 18.8.